The Hall–Kier alpha value is -2.89. The molecule has 2 aromatic carbocycles. The molecule has 24 heavy (non-hydrogen) atoms. The van der Waals surface area contributed by atoms with E-state index in [0.29, 0.717) is 28.5 Å². The highest BCUT2D eigenvalue weighted by molar-refractivity contribution is 6.05. The van der Waals surface area contributed by atoms with Crippen molar-refractivity contribution in [3.05, 3.63) is 42.0 Å². The first-order chi connectivity index (χ1) is 11.5. The lowest BCUT2D eigenvalue weighted by atomic mass is 10.1. The van der Waals surface area contributed by atoms with Crippen molar-refractivity contribution in [2.24, 2.45) is 0 Å². The summed E-state index contributed by atoms with van der Waals surface area (Å²) in [6.45, 7) is 0. The molecule has 6 nitrogen and oxygen atoms in total. The number of carbonyl (C=O) groups excluding carboxylic acids is 1. The van der Waals surface area contributed by atoms with Gasteiger partial charge in [-0.3, -0.25) is 4.79 Å². The van der Waals surface area contributed by atoms with Crippen LogP contribution in [0.5, 0.6) is 17.2 Å². The van der Waals surface area contributed by atoms with Gasteiger partial charge in [-0.2, -0.15) is 0 Å². The van der Waals surface area contributed by atoms with Crippen molar-refractivity contribution in [2.75, 3.05) is 45.6 Å². The van der Waals surface area contributed by atoms with Gasteiger partial charge in [0.15, 0.2) is 11.5 Å². The van der Waals surface area contributed by atoms with Crippen LogP contribution in [-0.2, 0) is 0 Å². The molecule has 0 bridgehead atoms. The van der Waals surface area contributed by atoms with Gasteiger partial charge in [0.2, 0.25) is 5.75 Å². The molecule has 0 aliphatic rings. The molecule has 0 unspecified atom stereocenters. The molecule has 0 saturated heterocycles. The first kappa shape index (κ1) is 17.5. The van der Waals surface area contributed by atoms with Gasteiger partial charge in [-0.25, -0.2) is 0 Å². The van der Waals surface area contributed by atoms with E-state index >= 15 is 0 Å². The molecule has 0 fully saturated rings. The third kappa shape index (κ3) is 3.71. The van der Waals surface area contributed by atoms with Gasteiger partial charge >= 0.3 is 0 Å². The van der Waals surface area contributed by atoms with Crippen molar-refractivity contribution >= 4 is 17.3 Å². The quantitative estimate of drug-likeness (QED) is 0.882. The Morgan fingerprint density at radius 2 is 1.58 bits per heavy atom. The van der Waals surface area contributed by atoms with Crippen LogP contribution >= 0.6 is 0 Å². The smallest absolute Gasteiger partial charge is 0.255 e. The van der Waals surface area contributed by atoms with Crippen LogP contribution in [0.4, 0.5) is 11.4 Å². The number of hydrogen-bond acceptors (Lipinski definition) is 5. The lowest BCUT2D eigenvalue weighted by Crippen LogP contribution is -2.14. The second-order valence-corrected chi connectivity index (χ2v) is 5.31. The molecule has 0 heterocycles. The van der Waals surface area contributed by atoms with E-state index in [1.54, 1.807) is 18.2 Å². The van der Waals surface area contributed by atoms with Crippen LogP contribution in [0, 0.1) is 0 Å². The van der Waals surface area contributed by atoms with E-state index in [4.69, 9.17) is 14.2 Å². The summed E-state index contributed by atoms with van der Waals surface area (Å²) < 4.78 is 15.9. The third-order valence-corrected chi connectivity index (χ3v) is 3.55. The van der Waals surface area contributed by atoms with Crippen LogP contribution in [0.15, 0.2) is 36.4 Å². The van der Waals surface area contributed by atoms with E-state index in [-0.39, 0.29) is 5.91 Å². The minimum Gasteiger partial charge on any atom is -0.493 e. The normalized spacial score (nSPS) is 10.0. The number of methoxy groups -OCH3 is 3. The van der Waals surface area contributed by atoms with Gasteiger partial charge in [0, 0.05) is 43.2 Å². The van der Waals surface area contributed by atoms with Gasteiger partial charge in [0.1, 0.15) is 0 Å². The second-order valence-electron chi connectivity index (χ2n) is 5.31. The van der Waals surface area contributed by atoms with Crippen LogP contribution in [0.2, 0.25) is 0 Å². The van der Waals surface area contributed by atoms with E-state index < -0.39 is 0 Å². The molecule has 0 spiro atoms. The lowest BCUT2D eigenvalue weighted by molar-refractivity contribution is 0.102. The van der Waals surface area contributed by atoms with Gasteiger partial charge in [-0.15, -0.1) is 0 Å². The van der Waals surface area contributed by atoms with E-state index in [9.17, 15) is 4.79 Å². The van der Waals surface area contributed by atoms with Gasteiger partial charge in [0.25, 0.3) is 5.91 Å². The average Bonchev–Trinajstić information content (AvgIpc) is 2.60. The summed E-state index contributed by atoms with van der Waals surface area (Å²) in [4.78, 5) is 14.4. The summed E-state index contributed by atoms with van der Waals surface area (Å²) in [7, 11) is 8.45. The molecule has 0 radical (unpaired) electrons. The number of nitrogens with one attached hydrogen (secondary N) is 1. The van der Waals surface area contributed by atoms with Crippen LogP contribution < -0.4 is 24.4 Å². The topological polar surface area (TPSA) is 60.0 Å². The van der Waals surface area contributed by atoms with E-state index in [1.165, 1.54) is 21.3 Å². The summed E-state index contributed by atoms with van der Waals surface area (Å²) in [6.07, 6.45) is 0. The summed E-state index contributed by atoms with van der Waals surface area (Å²) in [5.74, 6) is 1.23. The molecular formula is C18H22N2O4. The number of rotatable bonds is 6. The zero-order valence-corrected chi connectivity index (χ0v) is 14.5. The Labute approximate surface area is 141 Å². The van der Waals surface area contributed by atoms with Crippen molar-refractivity contribution < 1.29 is 19.0 Å². The van der Waals surface area contributed by atoms with Gasteiger partial charge < -0.3 is 24.4 Å². The predicted molar refractivity (Wildman–Crippen MR) is 94.8 cm³/mol. The van der Waals surface area contributed by atoms with Crippen LogP contribution in [0.25, 0.3) is 0 Å². The van der Waals surface area contributed by atoms with E-state index in [0.717, 1.165) is 5.69 Å². The van der Waals surface area contributed by atoms with Crippen molar-refractivity contribution in [2.45, 2.75) is 0 Å². The molecule has 6 heteroatoms. The number of amides is 1. The maximum absolute atomic E-state index is 12.5. The maximum atomic E-state index is 12.5. The molecular weight excluding hydrogens is 308 g/mol. The summed E-state index contributed by atoms with van der Waals surface area (Å²) in [6, 6.07) is 10.8. The zero-order chi connectivity index (χ0) is 17.7. The molecule has 128 valence electrons. The Bertz CT molecular complexity index is 704. The minimum atomic E-state index is -0.215. The lowest BCUT2D eigenvalue weighted by Gasteiger charge is -2.15. The van der Waals surface area contributed by atoms with E-state index in [1.807, 2.05) is 37.2 Å². The van der Waals surface area contributed by atoms with Gasteiger partial charge in [-0.05, 0) is 18.2 Å². The molecule has 2 rings (SSSR count). The SMILES string of the molecule is COc1cc(NC(=O)c2cccc(N(C)C)c2)cc(OC)c1OC. The molecule has 2 aromatic rings. The molecule has 0 aromatic heterocycles. The fraction of sp³-hybridized carbons (Fsp3) is 0.278. The fourth-order valence-corrected chi connectivity index (χ4v) is 2.28. The highest BCUT2D eigenvalue weighted by Crippen LogP contribution is 2.40. The van der Waals surface area contributed by atoms with Crippen LogP contribution in [0.1, 0.15) is 10.4 Å². The van der Waals surface area contributed by atoms with Crippen molar-refractivity contribution in [3.63, 3.8) is 0 Å². The summed E-state index contributed by atoms with van der Waals surface area (Å²) in [5, 5.41) is 2.85. The zero-order valence-electron chi connectivity index (χ0n) is 14.5. The Morgan fingerprint density at radius 3 is 2.08 bits per heavy atom. The van der Waals surface area contributed by atoms with Crippen molar-refractivity contribution in [1.82, 2.24) is 0 Å². The monoisotopic (exact) mass is 330 g/mol. The second kappa shape index (κ2) is 7.59. The Kier molecular flexibility index (Phi) is 5.52. The van der Waals surface area contributed by atoms with Crippen molar-refractivity contribution in [3.8, 4) is 17.2 Å². The molecule has 1 amide bonds. The number of ether oxygens (including phenoxy) is 3. The maximum Gasteiger partial charge on any atom is 0.255 e. The Balaban J connectivity index is 2.30. The molecule has 0 aliphatic heterocycles. The summed E-state index contributed by atoms with van der Waals surface area (Å²) >= 11 is 0. The van der Waals surface area contributed by atoms with Crippen LogP contribution in [-0.4, -0.2) is 41.3 Å². The van der Waals surface area contributed by atoms with Gasteiger partial charge in [0.05, 0.1) is 21.3 Å². The number of benzene rings is 2. The number of nitrogens with zero attached hydrogens (tertiary/aromatic N) is 1. The highest BCUT2D eigenvalue weighted by atomic mass is 16.5. The van der Waals surface area contributed by atoms with Gasteiger partial charge in [-0.1, -0.05) is 6.07 Å². The van der Waals surface area contributed by atoms with E-state index in [2.05, 4.69) is 5.32 Å². The molecule has 1 N–H and O–H groups in total. The average molecular weight is 330 g/mol. The Morgan fingerprint density at radius 1 is 0.958 bits per heavy atom. The first-order valence-electron chi connectivity index (χ1n) is 7.39. The number of hydrogen-bond donors (Lipinski definition) is 1. The third-order valence-electron chi connectivity index (χ3n) is 3.55. The number of anilines is 2. The van der Waals surface area contributed by atoms with Crippen LogP contribution in [0.3, 0.4) is 0 Å². The summed E-state index contributed by atoms with van der Waals surface area (Å²) in [5.41, 5.74) is 2.08. The highest BCUT2D eigenvalue weighted by Gasteiger charge is 2.15. The minimum absolute atomic E-state index is 0.215. The molecule has 0 atom stereocenters. The molecule has 0 aliphatic carbocycles. The number of carbonyl (C=O) groups is 1. The largest absolute Gasteiger partial charge is 0.493 e. The van der Waals surface area contributed by atoms with Crippen molar-refractivity contribution in [1.29, 1.82) is 0 Å². The predicted octanol–water partition coefficient (Wildman–Crippen LogP) is 3.03. The molecule has 0 saturated carbocycles. The standard InChI is InChI=1S/C18H22N2O4/c1-20(2)14-8-6-7-12(9-14)18(21)19-13-10-15(22-3)17(24-5)16(11-13)23-4/h6-11H,1-5H3,(H,19,21). The first-order valence-corrected chi connectivity index (χ1v) is 7.39. The fourth-order valence-electron chi connectivity index (χ4n) is 2.28.